The SMILES string of the molecule is CCCOC1CCc2cc(OC)ccc2C1N. The minimum atomic E-state index is -0.00351. The van der Waals surface area contributed by atoms with Gasteiger partial charge in [-0.15, -0.1) is 0 Å². The molecule has 3 nitrogen and oxygen atoms in total. The number of aryl methyl sites for hydroxylation is 1. The first kappa shape index (κ1) is 12.4. The second-order valence-corrected chi connectivity index (χ2v) is 4.54. The Morgan fingerprint density at radius 3 is 2.94 bits per heavy atom. The molecule has 1 aliphatic rings. The van der Waals surface area contributed by atoms with E-state index in [-0.39, 0.29) is 12.1 Å². The molecule has 2 rings (SSSR count). The molecule has 0 radical (unpaired) electrons. The van der Waals surface area contributed by atoms with E-state index in [4.69, 9.17) is 15.2 Å². The first-order valence-electron chi connectivity index (χ1n) is 6.30. The summed E-state index contributed by atoms with van der Waals surface area (Å²) >= 11 is 0. The molecule has 17 heavy (non-hydrogen) atoms. The van der Waals surface area contributed by atoms with Gasteiger partial charge in [0.15, 0.2) is 0 Å². The van der Waals surface area contributed by atoms with Crippen LogP contribution in [0.4, 0.5) is 0 Å². The van der Waals surface area contributed by atoms with Gasteiger partial charge < -0.3 is 15.2 Å². The molecule has 0 amide bonds. The lowest BCUT2D eigenvalue weighted by Gasteiger charge is -2.31. The van der Waals surface area contributed by atoms with Crippen LogP contribution >= 0.6 is 0 Å². The lowest BCUT2D eigenvalue weighted by Crippen LogP contribution is -2.34. The van der Waals surface area contributed by atoms with Gasteiger partial charge in [-0.3, -0.25) is 0 Å². The van der Waals surface area contributed by atoms with E-state index in [1.165, 1.54) is 11.1 Å². The highest BCUT2D eigenvalue weighted by Gasteiger charge is 2.27. The molecule has 0 heterocycles. The fourth-order valence-electron chi connectivity index (χ4n) is 2.38. The van der Waals surface area contributed by atoms with Crippen LogP contribution in [0.15, 0.2) is 18.2 Å². The Balaban J connectivity index is 2.15. The zero-order valence-electron chi connectivity index (χ0n) is 10.6. The maximum Gasteiger partial charge on any atom is 0.119 e. The molecule has 0 saturated carbocycles. The lowest BCUT2D eigenvalue weighted by molar-refractivity contribution is 0.0255. The Bertz CT molecular complexity index is 378. The second-order valence-electron chi connectivity index (χ2n) is 4.54. The largest absolute Gasteiger partial charge is 0.497 e. The number of rotatable bonds is 4. The van der Waals surface area contributed by atoms with Gasteiger partial charge in [0.25, 0.3) is 0 Å². The summed E-state index contributed by atoms with van der Waals surface area (Å²) in [5, 5.41) is 0. The van der Waals surface area contributed by atoms with Crippen molar-refractivity contribution in [1.82, 2.24) is 0 Å². The summed E-state index contributed by atoms with van der Waals surface area (Å²) < 4.78 is 11.0. The fourth-order valence-corrected chi connectivity index (χ4v) is 2.38. The zero-order chi connectivity index (χ0) is 12.3. The van der Waals surface area contributed by atoms with Gasteiger partial charge >= 0.3 is 0 Å². The van der Waals surface area contributed by atoms with E-state index in [0.29, 0.717) is 0 Å². The Morgan fingerprint density at radius 1 is 1.41 bits per heavy atom. The molecule has 0 bridgehead atoms. The van der Waals surface area contributed by atoms with Crippen molar-refractivity contribution in [2.24, 2.45) is 5.73 Å². The summed E-state index contributed by atoms with van der Waals surface area (Å²) in [5.74, 6) is 0.906. The number of hydrogen-bond acceptors (Lipinski definition) is 3. The predicted octanol–water partition coefficient (Wildman–Crippen LogP) is 2.44. The van der Waals surface area contributed by atoms with Crippen molar-refractivity contribution < 1.29 is 9.47 Å². The highest BCUT2D eigenvalue weighted by atomic mass is 16.5. The Labute approximate surface area is 103 Å². The molecular formula is C14H21NO2. The number of fused-ring (bicyclic) bond motifs is 1. The van der Waals surface area contributed by atoms with Gasteiger partial charge in [0.2, 0.25) is 0 Å². The molecule has 0 spiro atoms. The summed E-state index contributed by atoms with van der Waals surface area (Å²) in [7, 11) is 1.69. The van der Waals surface area contributed by atoms with Crippen LogP contribution in [0.5, 0.6) is 5.75 Å². The fraction of sp³-hybridized carbons (Fsp3) is 0.571. The van der Waals surface area contributed by atoms with Crippen LogP contribution in [0.1, 0.15) is 36.9 Å². The molecule has 94 valence electrons. The van der Waals surface area contributed by atoms with Gasteiger partial charge in [-0.05, 0) is 42.5 Å². The molecule has 0 aromatic heterocycles. The first-order valence-corrected chi connectivity index (χ1v) is 6.30. The third kappa shape index (κ3) is 2.61. The van der Waals surface area contributed by atoms with Crippen molar-refractivity contribution in [3.05, 3.63) is 29.3 Å². The Morgan fingerprint density at radius 2 is 2.24 bits per heavy atom. The summed E-state index contributed by atoms with van der Waals surface area (Å²) in [6.07, 6.45) is 3.23. The number of hydrogen-bond donors (Lipinski definition) is 1. The van der Waals surface area contributed by atoms with Gasteiger partial charge in [0.1, 0.15) is 5.75 Å². The summed E-state index contributed by atoms with van der Waals surface area (Å²) in [4.78, 5) is 0. The second kappa shape index (κ2) is 5.52. The Kier molecular flexibility index (Phi) is 4.02. The highest BCUT2D eigenvalue weighted by Crippen LogP contribution is 2.32. The highest BCUT2D eigenvalue weighted by molar-refractivity contribution is 5.39. The summed E-state index contributed by atoms with van der Waals surface area (Å²) in [5.41, 5.74) is 8.76. The van der Waals surface area contributed by atoms with E-state index >= 15 is 0 Å². The summed E-state index contributed by atoms with van der Waals surface area (Å²) in [6.45, 7) is 2.91. The molecule has 1 aromatic rings. The third-order valence-corrected chi connectivity index (χ3v) is 3.34. The topological polar surface area (TPSA) is 44.5 Å². The average molecular weight is 235 g/mol. The molecule has 1 aromatic carbocycles. The van der Waals surface area contributed by atoms with Crippen LogP contribution in [0.3, 0.4) is 0 Å². The molecular weight excluding hydrogens is 214 g/mol. The monoisotopic (exact) mass is 235 g/mol. The lowest BCUT2D eigenvalue weighted by atomic mass is 9.86. The van der Waals surface area contributed by atoms with E-state index in [1.54, 1.807) is 7.11 Å². The van der Waals surface area contributed by atoms with E-state index in [0.717, 1.165) is 31.6 Å². The van der Waals surface area contributed by atoms with Gasteiger partial charge in [0, 0.05) is 6.61 Å². The van der Waals surface area contributed by atoms with Crippen LogP contribution in [0.25, 0.3) is 0 Å². The van der Waals surface area contributed by atoms with Crippen LogP contribution in [0, 0.1) is 0 Å². The van der Waals surface area contributed by atoms with Gasteiger partial charge in [-0.1, -0.05) is 13.0 Å². The van der Waals surface area contributed by atoms with Crippen molar-refractivity contribution >= 4 is 0 Å². The molecule has 1 aliphatic carbocycles. The van der Waals surface area contributed by atoms with Crippen molar-refractivity contribution in [3.63, 3.8) is 0 Å². The Hall–Kier alpha value is -1.06. The maximum atomic E-state index is 6.26. The van der Waals surface area contributed by atoms with Crippen LogP contribution < -0.4 is 10.5 Å². The van der Waals surface area contributed by atoms with E-state index < -0.39 is 0 Å². The first-order chi connectivity index (χ1) is 8.26. The average Bonchev–Trinajstić information content (AvgIpc) is 2.37. The number of methoxy groups -OCH3 is 1. The van der Waals surface area contributed by atoms with Crippen molar-refractivity contribution in [1.29, 1.82) is 0 Å². The standard InChI is InChI=1S/C14H21NO2/c1-3-8-17-13-7-4-10-9-11(16-2)5-6-12(10)14(13)15/h5-6,9,13-14H,3-4,7-8,15H2,1-2H3. The van der Waals surface area contributed by atoms with E-state index in [1.807, 2.05) is 6.07 Å². The molecule has 3 heteroatoms. The molecule has 0 saturated heterocycles. The molecule has 2 unspecified atom stereocenters. The molecule has 0 fully saturated rings. The van der Waals surface area contributed by atoms with Crippen molar-refractivity contribution in [2.45, 2.75) is 38.3 Å². The minimum absolute atomic E-state index is 0.00351. The van der Waals surface area contributed by atoms with Crippen molar-refractivity contribution in [2.75, 3.05) is 13.7 Å². The molecule has 2 atom stereocenters. The van der Waals surface area contributed by atoms with Gasteiger partial charge in [0.05, 0.1) is 19.3 Å². The van der Waals surface area contributed by atoms with Crippen LogP contribution in [0.2, 0.25) is 0 Å². The van der Waals surface area contributed by atoms with Gasteiger partial charge in [-0.2, -0.15) is 0 Å². The van der Waals surface area contributed by atoms with E-state index in [9.17, 15) is 0 Å². The van der Waals surface area contributed by atoms with Crippen LogP contribution in [-0.2, 0) is 11.2 Å². The van der Waals surface area contributed by atoms with Crippen molar-refractivity contribution in [3.8, 4) is 5.75 Å². The predicted molar refractivity (Wildman–Crippen MR) is 68.3 cm³/mol. The smallest absolute Gasteiger partial charge is 0.119 e. The summed E-state index contributed by atoms with van der Waals surface area (Å²) in [6, 6.07) is 6.13. The zero-order valence-corrected chi connectivity index (χ0v) is 10.6. The van der Waals surface area contributed by atoms with Gasteiger partial charge in [-0.25, -0.2) is 0 Å². The number of ether oxygens (including phenoxy) is 2. The molecule has 2 N–H and O–H groups in total. The molecule has 0 aliphatic heterocycles. The number of benzene rings is 1. The maximum absolute atomic E-state index is 6.26. The quantitative estimate of drug-likeness (QED) is 0.871. The van der Waals surface area contributed by atoms with Crippen LogP contribution in [-0.4, -0.2) is 19.8 Å². The van der Waals surface area contributed by atoms with E-state index in [2.05, 4.69) is 19.1 Å². The number of nitrogens with two attached hydrogens (primary N) is 1. The normalized spacial score (nSPS) is 23.2. The minimum Gasteiger partial charge on any atom is -0.497 e. The third-order valence-electron chi connectivity index (χ3n) is 3.34.